The molecule has 0 unspecified atom stereocenters. The molecule has 1 saturated heterocycles. The van der Waals surface area contributed by atoms with E-state index in [0.29, 0.717) is 13.2 Å². The van der Waals surface area contributed by atoms with E-state index in [0.717, 1.165) is 62.4 Å². The Morgan fingerprint density at radius 3 is 2.31 bits per heavy atom. The fourth-order valence-electron chi connectivity index (χ4n) is 3.77. The Balaban J connectivity index is 0.00000363. The van der Waals surface area contributed by atoms with Gasteiger partial charge in [-0.15, -0.1) is 24.0 Å². The molecule has 32 heavy (non-hydrogen) atoms. The SMILES string of the molecule is CCOc1ccc(CN(C)C(=NC)NCc2ccc(N3CCN(CC)CC3)nc2)cc1.I. The standard InChI is InChI=1S/C24H36N6O.HI/c1-5-29-13-15-30(16-14-29)23-12-9-21(17-26-23)18-27-24(25-3)28(4)19-20-7-10-22(11-8-20)31-6-2;/h7-12,17H,5-6,13-16,18-19H2,1-4H3,(H,25,27);1H. The molecule has 2 heterocycles. The maximum Gasteiger partial charge on any atom is 0.193 e. The Bertz CT molecular complexity index is 819. The Labute approximate surface area is 209 Å². The first-order chi connectivity index (χ1) is 15.1. The highest BCUT2D eigenvalue weighted by Gasteiger charge is 2.16. The molecular formula is C24H37IN6O. The van der Waals surface area contributed by atoms with E-state index in [1.807, 2.05) is 39.3 Å². The van der Waals surface area contributed by atoms with Gasteiger partial charge in [-0.1, -0.05) is 25.1 Å². The highest BCUT2D eigenvalue weighted by molar-refractivity contribution is 14.0. The number of piperazine rings is 1. The fraction of sp³-hybridized carbons (Fsp3) is 0.500. The number of nitrogens with zero attached hydrogens (tertiary/aromatic N) is 5. The molecule has 176 valence electrons. The van der Waals surface area contributed by atoms with Crippen LogP contribution < -0.4 is 15.0 Å². The summed E-state index contributed by atoms with van der Waals surface area (Å²) in [6.07, 6.45) is 1.97. The topological polar surface area (TPSA) is 56.2 Å². The van der Waals surface area contributed by atoms with Crippen molar-refractivity contribution < 1.29 is 4.74 Å². The quantitative estimate of drug-likeness (QED) is 0.308. The van der Waals surface area contributed by atoms with Crippen molar-refractivity contribution in [3.05, 3.63) is 53.7 Å². The number of hydrogen-bond donors (Lipinski definition) is 1. The third-order valence-corrected chi connectivity index (χ3v) is 5.63. The molecule has 2 aromatic rings. The molecule has 7 nitrogen and oxygen atoms in total. The molecule has 1 N–H and O–H groups in total. The summed E-state index contributed by atoms with van der Waals surface area (Å²) < 4.78 is 5.52. The lowest BCUT2D eigenvalue weighted by atomic mass is 10.2. The van der Waals surface area contributed by atoms with E-state index in [4.69, 9.17) is 9.72 Å². The predicted molar refractivity (Wildman–Crippen MR) is 143 cm³/mol. The molecule has 8 heteroatoms. The number of anilines is 1. The zero-order valence-corrected chi connectivity index (χ0v) is 22.1. The summed E-state index contributed by atoms with van der Waals surface area (Å²) in [6.45, 7) is 11.8. The summed E-state index contributed by atoms with van der Waals surface area (Å²) in [5.41, 5.74) is 2.36. The van der Waals surface area contributed by atoms with Crippen LogP contribution >= 0.6 is 24.0 Å². The second-order valence-electron chi connectivity index (χ2n) is 7.78. The third kappa shape index (κ3) is 7.51. The minimum Gasteiger partial charge on any atom is -0.494 e. The fourth-order valence-corrected chi connectivity index (χ4v) is 3.77. The van der Waals surface area contributed by atoms with E-state index in [2.05, 4.69) is 56.2 Å². The lowest BCUT2D eigenvalue weighted by Crippen LogP contribution is -2.46. The average molecular weight is 553 g/mol. The summed E-state index contributed by atoms with van der Waals surface area (Å²) in [7, 11) is 3.86. The van der Waals surface area contributed by atoms with Gasteiger partial charge in [0.25, 0.3) is 0 Å². The predicted octanol–water partition coefficient (Wildman–Crippen LogP) is 3.45. The van der Waals surface area contributed by atoms with Crippen LogP contribution in [0.3, 0.4) is 0 Å². The number of aliphatic imine (C=N–C) groups is 1. The van der Waals surface area contributed by atoms with Gasteiger partial charge in [0.1, 0.15) is 11.6 Å². The normalized spacial score (nSPS) is 14.6. The second kappa shape index (κ2) is 13.5. The van der Waals surface area contributed by atoms with Crippen LogP contribution in [0.2, 0.25) is 0 Å². The lowest BCUT2D eigenvalue weighted by Gasteiger charge is -2.34. The Kier molecular flexibility index (Phi) is 11.0. The van der Waals surface area contributed by atoms with Crippen molar-refractivity contribution in [2.24, 2.45) is 4.99 Å². The van der Waals surface area contributed by atoms with Gasteiger partial charge in [-0.2, -0.15) is 0 Å². The first kappa shape index (κ1) is 26.2. The largest absolute Gasteiger partial charge is 0.494 e. The molecule has 0 aliphatic carbocycles. The molecule has 0 saturated carbocycles. The van der Waals surface area contributed by atoms with Crippen LogP contribution in [0, 0.1) is 0 Å². The van der Waals surface area contributed by atoms with Crippen molar-refractivity contribution in [2.45, 2.75) is 26.9 Å². The van der Waals surface area contributed by atoms with E-state index in [9.17, 15) is 0 Å². The van der Waals surface area contributed by atoms with Crippen molar-refractivity contribution in [3.63, 3.8) is 0 Å². The number of guanidine groups is 1. The minimum absolute atomic E-state index is 0. The van der Waals surface area contributed by atoms with Crippen molar-refractivity contribution in [1.82, 2.24) is 20.1 Å². The van der Waals surface area contributed by atoms with Gasteiger partial charge in [-0.05, 0) is 42.8 Å². The van der Waals surface area contributed by atoms with Crippen LogP contribution in [0.5, 0.6) is 5.75 Å². The van der Waals surface area contributed by atoms with Crippen LogP contribution in [-0.2, 0) is 13.1 Å². The molecule has 0 bridgehead atoms. The molecular weight excluding hydrogens is 515 g/mol. The van der Waals surface area contributed by atoms with Gasteiger partial charge in [0.15, 0.2) is 5.96 Å². The summed E-state index contributed by atoms with van der Waals surface area (Å²) in [5.74, 6) is 2.82. The van der Waals surface area contributed by atoms with E-state index in [-0.39, 0.29) is 24.0 Å². The number of rotatable bonds is 8. The number of likely N-dealkylation sites (N-methyl/N-ethyl adjacent to an activating group) is 1. The summed E-state index contributed by atoms with van der Waals surface area (Å²) in [5, 5.41) is 3.44. The van der Waals surface area contributed by atoms with Crippen molar-refractivity contribution in [3.8, 4) is 5.75 Å². The molecule has 3 rings (SSSR count). The van der Waals surface area contributed by atoms with Crippen LogP contribution in [0.1, 0.15) is 25.0 Å². The van der Waals surface area contributed by atoms with Gasteiger partial charge >= 0.3 is 0 Å². The molecule has 1 fully saturated rings. The molecule has 0 radical (unpaired) electrons. The first-order valence-corrected chi connectivity index (χ1v) is 11.2. The molecule has 0 amide bonds. The smallest absolute Gasteiger partial charge is 0.193 e. The van der Waals surface area contributed by atoms with Gasteiger partial charge < -0.3 is 24.8 Å². The Hall–Kier alpha value is -2.07. The van der Waals surface area contributed by atoms with Crippen LogP contribution in [0.4, 0.5) is 5.82 Å². The van der Waals surface area contributed by atoms with Gasteiger partial charge in [0.05, 0.1) is 6.61 Å². The lowest BCUT2D eigenvalue weighted by molar-refractivity contribution is 0.270. The first-order valence-electron chi connectivity index (χ1n) is 11.2. The van der Waals surface area contributed by atoms with Gasteiger partial charge in [-0.25, -0.2) is 4.98 Å². The Morgan fingerprint density at radius 1 is 1.06 bits per heavy atom. The van der Waals surface area contributed by atoms with E-state index in [1.54, 1.807) is 0 Å². The minimum atomic E-state index is 0. The van der Waals surface area contributed by atoms with Crippen molar-refractivity contribution in [1.29, 1.82) is 0 Å². The van der Waals surface area contributed by atoms with Gasteiger partial charge in [0, 0.05) is 59.6 Å². The zero-order chi connectivity index (χ0) is 22.1. The molecule has 1 aliphatic rings. The molecule has 1 aromatic carbocycles. The number of benzene rings is 1. The second-order valence-corrected chi connectivity index (χ2v) is 7.78. The van der Waals surface area contributed by atoms with Crippen LogP contribution in [0.15, 0.2) is 47.6 Å². The van der Waals surface area contributed by atoms with Crippen molar-refractivity contribution >= 4 is 35.8 Å². The summed E-state index contributed by atoms with van der Waals surface area (Å²) >= 11 is 0. The molecule has 1 aromatic heterocycles. The van der Waals surface area contributed by atoms with Gasteiger partial charge in [-0.3, -0.25) is 4.99 Å². The van der Waals surface area contributed by atoms with Crippen molar-refractivity contribution in [2.75, 3.05) is 58.3 Å². The highest BCUT2D eigenvalue weighted by atomic mass is 127. The summed E-state index contributed by atoms with van der Waals surface area (Å²) in [4.78, 5) is 16.1. The van der Waals surface area contributed by atoms with E-state index >= 15 is 0 Å². The zero-order valence-electron chi connectivity index (χ0n) is 19.8. The maximum atomic E-state index is 5.52. The van der Waals surface area contributed by atoms with E-state index < -0.39 is 0 Å². The van der Waals surface area contributed by atoms with Crippen LogP contribution in [0.25, 0.3) is 0 Å². The molecule has 0 spiro atoms. The van der Waals surface area contributed by atoms with E-state index in [1.165, 1.54) is 5.56 Å². The monoisotopic (exact) mass is 552 g/mol. The maximum absolute atomic E-state index is 5.52. The number of ether oxygens (including phenoxy) is 1. The number of halogens is 1. The number of nitrogens with one attached hydrogen (secondary N) is 1. The number of aromatic nitrogens is 1. The third-order valence-electron chi connectivity index (χ3n) is 5.63. The highest BCUT2D eigenvalue weighted by Crippen LogP contribution is 2.15. The Morgan fingerprint density at radius 2 is 1.75 bits per heavy atom. The average Bonchev–Trinajstić information content (AvgIpc) is 2.81. The van der Waals surface area contributed by atoms with Crippen LogP contribution in [-0.4, -0.2) is 74.2 Å². The van der Waals surface area contributed by atoms with Gasteiger partial charge in [0.2, 0.25) is 0 Å². The molecule has 0 atom stereocenters. The number of hydrogen-bond acceptors (Lipinski definition) is 5. The number of pyridine rings is 1. The molecule has 1 aliphatic heterocycles. The summed E-state index contributed by atoms with van der Waals surface area (Å²) in [6, 6.07) is 12.5.